The summed E-state index contributed by atoms with van der Waals surface area (Å²) in [4.78, 5) is 17.6. The SMILES string of the molecule is Cc1cc(C)c(S(=O)(=O)NCc2ccc(C(=O)N3CCN(Cc4ccccc4)CC3)cc2)c(C)c1. The molecule has 7 heteroatoms. The summed E-state index contributed by atoms with van der Waals surface area (Å²) in [6.07, 6.45) is 0. The number of carbonyl (C=O) groups excluding carboxylic acids is 1. The number of nitrogens with one attached hydrogen (secondary N) is 1. The Morgan fingerprint density at radius 2 is 1.43 bits per heavy atom. The number of nitrogens with zero attached hydrogens (tertiary/aromatic N) is 2. The van der Waals surface area contributed by atoms with Gasteiger partial charge in [-0.05, 0) is 55.2 Å². The van der Waals surface area contributed by atoms with E-state index < -0.39 is 10.0 Å². The molecule has 0 aromatic heterocycles. The number of carbonyl (C=O) groups is 1. The highest BCUT2D eigenvalue weighted by molar-refractivity contribution is 7.89. The lowest BCUT2D eigenvalue weighted by molar-refractivity contribution is 0.0628. The normalized spacial score (nSPS) is 14.8. The van der Waals surface area contributed by atoms with Gasteiger partial charge >= 0.3 is 0 Å². The molecule has 1 fully saturated rings. The summed E-state index contributed by atoms with van der Waals surface area (Å²) in [6, 6.07) is 21.3. The van der Waals surface area contributed by atoms with E-state index in [-0.39, 0.29) is 12.5 Å². The Labute approximate surface area is 208 Å². The van der Waals surface area contributed by atoms with Gasteiger partial charge in [-0.2, -0.15) is 0 Å². The number of piperazine rings is 1. The third-order valence-electron chi connectivity index (χ3n) is 6.45. The van der Waals surface area contributed by atoms with Gasteiger partial charge in [0.05, 0.1) is 4.90 Å². The van der Waals surface area contributed by atoms with Crippen molar-refractivity contribution in [1.82, 2.24) is 14.5 Å². The molecule has 6 nitrogen and oxygen atoms in total. The molecule has 0 saturated carbocycles. The number of benzene rings is 3. The topological polar surface area (TPSA) is 69.7 Å². The molecule has 3 aromatic rings. The maximum Gasteiger partial charge on any atom is 0.253 e. The molecule has 1 aliphatic heterocycles. The molecule has 184 valence electrons. The Bertz CT molecular complexity index is 1260. The van der Waals surface area contributed by atoms with Crippen molar-refractivity contribution in [2.24, 2.45) is 0 Å². The van der Waals surface area contributed by atoms with E-state index in [9.17, 15) is 13.2 Å². The third kappa shape index (κ3) is 6.17. The predicted molar refractivity (Wildman–Crippen MR) is 139 cm³/mol. The summed E-state index contributed by atoms with van der Waals surface area (Å²) in [5.74, 6) is 0.0161. The van der Waals surface area contributed by atoms with Gasteiger partial charge in [0.2, 0.25) is 10.0 Å². The van der Waals surface area contributed by atoms with Crippen LogP contribution in [-0.4, -0.2) is 50.3 Å². The van der Waals surface area contributed by atoms with Crippen LogP contribution in [0.5, 0.6) is 0 Å². The summed E-state index contributed by atoms with van der Waals surface area (Å²) in [7, 11) is -3.64. The van der Waals surface area contributed by atoms with E-state index in [2.05, 4.69) is 21.8 Å². The molecule has 1 saturated heterocycles. The van der Waals surface area contributed by atoms with Gasteiger partial charge in [-0.25, -0.2) is 13.1 Å². The molecule has 3 aromatic carbocycles. The first-order valence-electron chi connectivity index (χ1n) is 11.9. The van der Waals surface area contributed by atoms with Crippen LogP contribution in [0.1, 0.15) is 38.2 Å². The number of aryl methyl sites for hydroxylation is 3. The van der Waals surface area contributed by atoms with Crippen molar-refractivity contribution in [1.29, 1.82) is 0 Å². The van der Waals surface area contributed by atoms with Gasteiger partial charge in [0.1, 0.15) is 0 Å². The first-order chi connectivity index (χ1) is 16.7. The molecule has 4 rings (SSSR count). The largest absolute Gasteiger partial charge is 0.336 e. The molecule has 1 aliphatic rings. The van der Waals surface area contributed by atoms with Crippen LogP contribution < -0.4 is 4.72 Å². The van der Waals surface area contributed by atoms with Gasteiger partial charge in [-0.3, -0.25) is 9.69 Å². The highest BCUT2D eigenvalue weighted by Crippen LogP contribution is 2.22. The molecule has 0 atom stereocenters. The van der Waals surface area contributed by atoms with Gasteiger partial charge in [-0.15, -0.1) is 0 Å². The number of sulfonamides is 1. The predicted octanol–water partition coefficient (Wildman–Crippen LogP) is 4.05. The fourth-order valence-corrected chi connectivity index (χ4v) is 6.21. The van der Waals surface area contributed by atoms with E-state index in [4.69, 9.17) is 0 Å². The average Bonchev–Trinajstić information content (AvgIpc) is 2.83. The molecule has 35 heavy (non-hydrogen) atoms. The second-order valence-corrected chi connectivity index (χ2v) is 11.0. The van der Waals surface area contributed by atoms with E-state index in [1.807, 2.05) is 68.1 Å². The Morgan fingerprint density at radius 1 is 0.829 bits per heavy atom. The van der Waals surface area contributed by atoms with Crippen LogP contribution in [0.15, 0.2) is 71.6 Å². The Morgan fingerprint density at radius 3 is 2.03 bits per heavy atom. The first-order valence-corrected chi connectivity index (χ1v) is 13.4. The Kier molecular flexibility index (Phi) is 7.69. The van der Waals surface area contributed by atoms with Gasteiger partial charge in [0.25, 0.3) is 5.91 Å². The van der Waals surface area contributed by atoms with Crippen molar-refractivity contribution in [2.45, 2.75) is 38.8 Å². The van der Waals surface area contributed by atoms with E-state index in [1.54, 1.807) is 12.1 Å². The number of hydrogen-bond donors (Lipinski definition) is 1. The highest BCUT2D eigenvalue weighted by atomic mass is 32.2. The molecule has 0 aliphatic carbocycles. The first kappa shape index (κ1) is 25.1. The van der Waals surface area contributed by atoms with Crippen LogP contribution >= 0.6 is 0 Å². The van der Waals surface area contributed by atoms with E-state index >= 15 is 0 Å². The van der Waals surface area contributed by atoms with Gasteiger partial charge in [0, 0.05) is 44.8 Å². The monoisotopic (exact) mass is 491 g/mol. The lowest BCUT2D eigenvalue weighted by atomic mass is 10.1. The summed E-state index contributed by atoms with van der Waals surface area (Å²) >= 11 is 0. The molecule has 0 radical (unpaired) electrons. The third-order valence-corrected chi connectivity index (χ3v) is 8.15. The molecular weight excluding hydrogens is 458 g/mol. The molecule has 0 bridgehead atoms. The van der Waals surface area contributed by atoms with Crippen LogP contribution in [0, 0.1) is 20.8 Å². The van der Waals surface area contributed by atoms with Crippen LogP contribution in [-0.2, 0) is 23.1 Å². The zero-order chi connectivity index (χ0) is 25.0. The second kappa shape index (κ2) is 10.7. The van der Waals surface area contributed by atoms with Crippen molar-refractivity contribution in [3.8, 4) is 0 Å². The number of rotatable bonds is 7. The fraction of sp³-hybridized carbons (Fsp3) is 0.321. The summed E-state index contributed by atoms with van der Waals surface area (Å²) in [5, 5.41) is 0. The zero-order valence-electron chi connectivity index (χ0n) is 20.6. The van der Waals surface area contributed by atoms with Crippen molar-refractivity contribution < 1.29 is 13.2 Å². The van der Waals surface area contributed by atoms with Crippen LogP contribution in [0.2, 0.25) is 0 Å². The maximum atomic E-state index is 13.0. The molecule has 1 N–H and O–H groups in total. The molecule has 0 unspecified atom stereocenters. The van der Waals surface area contributed by atoms with Gasteiger partial charge in [-0.1, -0.05) is 60.2 Å². The van der Waals surface area contributed by atoms with E-state index in [1.165, 1.54) is 5.56 Å². The van der Waals surface area contributed by atoms with Crippen LogP contribution in [0.4, 0.5) is 0 Å². The molecule has 0 spiro atoms. The fourth-order valence-electron chi connectivity index (χ4n) is 4.74. The van der Waals surface area contributed by atoms with Crippen LogP contribution in [0.3, 0.4) is 0 Å². The lowest BCUT2D eigenvalue weighted by Crippen LogP contribution is -2.48. The van der Waals surface area contributed by atoms with Crippen LogP contribution in [0.25, 0.3) is 0 Å². The average molecular weight is 492 g/mol. The van der Waals surface area contributed by atoms with E-state index in [0.29, 0.717) is 23.5 Å². The lowest BCUT2D eigenvalue weighted by Gasteiger charge is -2.34. The Balaban J connectivity index is 1.32. The quantitative estimate of drug-likeness (QED) is 0.541. The van der Waals surface area contributed by atoms with Crippen molar-refractivity contribution in [3.63, 3.8) is 0 Å². The van der Waals surface area contributed by atoms with Gasteiger partial charge < -0.3 is 4.90 Å². The van der Waals surface area contributed by atoms with Crippen molar-refractivity contribution in [2.75, 3.05) is 26.2 Å². The minimum absolute atomic E-state index is 0.0161. The van der Waals surface area contributed by atoms with Gasteiger partial charge in [0.15, 0.2) is 0 Å². The molecule has 1 heterocycles. The smallest absolute Gasteiger partial charge is 0.253 e. The summed E-state index contributed by atoms with van der Waals surface area (Å²) < 4.78 is 28.5. The molecular formula is C28H33N3O3S. The number of amides is 1. The minimum Gasteiger partial charge on any atom is -0.336 e. The zero-order valence-corrected chi connectivity index (χ0v) is 21.4. The van der Waals surface area contributed by atoms with Crippen molar-refractivity contribution >= 4 is 15.9 Å². The minimum atomic E-state index is -3.64. The summed E-state index contributed by atoms with van der Waals surface area (Å²) in [5.41, 5.74) is 5.22. The second-order valence-electron chi connectivity index (χ2n) is 9.30. The summed E-state index contributed by atoms with van der Waals surface area (Å²) in [6.45, 7) is 9.74. The number of hydrogen-bond acceptors (Lipinski definition) is 4. The Hall–Kier alpha value is -3.00. The standard InChI is InChI=1S/C28H33N3O3S/c1-21-17-22(2)27(23(3)18-21)35(33,34)29-19-24-9-11-26(12-10-24)28(32)31-15-13-30(14-16-31)20-25-7-5-4-6-8-25/h4-12,17-18,29H,13-16,19-20H2,1-3H3. The highest BCUT2D eigenvalue weighted by Gasteiger charge is 2.23. The molecule has 1 amide bonds. The maximum absolute atomic E-state index is 13.0. The van der Waals surface area contributed by atoms with Crippen molar-refractivity contribution in [3.05, 3.63) is 100 Å². The van der Waals surface area contributed by atoms with E-state index in [0.717, 1.165) is 41.9 Å².